The topological polar surface area (TPSA) is 37.3 Å². The fourth-order valence-electron chi connectivity index (χ4n) is 0. The van der Waals surface area contributed by atoms with E-state index in [-0.39, 0.29) is 21.1 Å². The molecule has 0 saturated heterocycles. The zero-order chi connectivity index (χ0) is 3.41. The van der Waals surface area contributed by atoms with E-state index in [9.17, 15) is 0 Å². The fourth-order valence-corrected chi connectivity index (χ4v) is 0. The van der Waals surface area contributed by atoms with Crippen LogP contribution in [0, 0.1) is 0 Å². The number of hydrogen-bond donors (Lipinski definition) is 1. The Balaban J connectivity index is 0. The summed E-state index contributed by atoms with van der Waals surface area (Å²) in [5.41, 5.74) is 0. The quantitative estimate of drug-likeness (QED) is 0.615. The van der Waals surface area contributed by atoms with Crippen molar-refractivity contribution in [1.82, 2.24) is 0 Å². The number of carbonyl (C=O) groups excluding carboxylic acids is 1. The van der Waals surface area contributed by atoms with Crippen LogP contribution in [0.2, 0.25) is 0 Å². The molecule has 3 heteroatoms. The second-order valence-electron chi connectivity index (χ2n) is 0.302. The molecule has 0 radical (unpaired) electrons. The Morgan fingerprint density at radius 1 is 1.80 bits per heavy atom. The smallest absolute Gasteiger partial charge is 0 e. The number of aliphatic hydroxyl groups excluding tert-OH is 1. The Kier molecular flexibility index (Phi) is 15.9. The maximum Gasteiger partial charge on any atom is 0 e. The Morgan fingerprint density at radius 2 is 2.00 bits per heavy atom. The molecule has 0 atom stereocenters. The third-order valence-electron chi connectivity index (χ3n) is 0.0645. The van der Waals surface area contributed by atoms with Gasteiger partial charge in [-0.15, -0.1) is 0 Å². The zero-order valence-electron chi connectivity index (χ0n) is 2.38. The molecule has 0 fully saturated rings. The van der Waals surface area contributed by atoms with Crippen LogP contribution in [0.25, 0.3) is 0 Å². The van der Waals surface area contributed by atoms with Gasteiger partial charge in [-0.25, -0.2) is 6.29 Å². The van der Waals surface area contributed by atoms with Crippen LogP contribution in [0.3, 0.4) is 0 Å². The fraction of sp³-hybridized carbons (Fsp3) is 0.500. The number of hydrogen-bond acceptors (Lipinski definition) is 2. The van der Waals surface area contributed by atoms with Crippen LogP contribution < -0.4 is 0 Å². The van der Waals surface area contributed by atoms with Crippen LogP contribution in [0.1, 0.15) is 0 Å². The summed E-state index contributed by atoms with van der Waals surface area (Å²) in [5.74, 6) is 0. The Bertz CT molecular complexity index is 21.6. The zero-order valence-corrected chi connectivity index (χ0v) is 4.65. The summed E-state index contributed by atoms with van der Waals surface area (Å²) >= 11 is 0. The van der Waals surface area contributed by atoms with Crippen LogP contribution in [-0.4, -0.2) is 18.0 Å². The Morgan fingerprint density at radius 3 is 2.00 bits per heavy atom. The van der Waals surface area contributed by atoms with E-state index < -0.39 is 6.61 Å². The molecular formula is C2H3O2Pt-. The summed E-state index contributed by atoms with van der Waals surface area (Å²) in [4.78, 5) is 8.80. The van der Waals surface area contributed by atoms with Gasteiger partial charge in [0.05, 0.1) is 0 Å². The first-order chi connectivity index (χ1) is 1.91. The SMILES string of the molecule is O=[C-]CO.[Pt]. The molecule has 0 amide bonds. The largest absolute Gasteiger partial charge is 0.540 e. The number of aliphatic hydroxyl groups is 1. The molecular weight excluding hydrogens is 251 g/mol. The van der Waals surface area contributed by atoms with Crippen molar-refractivity contribution in [1.29, 1.82) is 0 Å². The van der Waals surface area contributed by atoms with Crippen molar-refractivity contribution < 1.29 is 31.0 Å². The van der Waals surface area contributed by atoms with Crippen molar-refractivity contribution in [2.75, 3.05) is 6.61 Å². The van der Waals surface area contributed by atoms with Gasteiger partial charge in [-0.2, -0.15) is 0 Å². The monoisotopic (exact) mass is 254 g/mol. The van der Waals surface area contributed by atoms with Crippen molar-refractivity contribution in [2.45, 2.75) is 0 Å². The minimum atomic E-state index is -0.486. The molecule has 0 aromatic rings. The number of rotatable bonds is 1. The van der Waals surface area contributed by atoms with E-state index in [2.05, 4.69) is 0 Å². The van der Waals surface area contributed by atoms with E-state index in [1.54, 1.807) is 0 Å². The van der Waals surface area contributed by atoms with E-state index in [4.69, 9.17) is 9.90 Å². The summed E-state index contributed by atoms with van der Waals surface area (Å²) in [6, 6.07) is 0. The molecule has 5 heavy (non-hydrogen) atoms. The van der Waals surface area contributed by atoms with Gasteiger partial charge in [0.1, 0.15) is 0 Å². The molecule has 0 unspecified atom stereocenters. The van der Waals surface area contributed by atoms with Gasteiger partial charge in [0.25, 0.3) is 0 Å². The molecule has 2 nitrogen and oxygen atoms in total. The predicted molar refractivity (Wildman–Crippen MR) is 12.8 cm³/mol. The van der Waals surface area contributed by atoms with Crippen molar-refractivity contribution in [3.8, 4) is 0 Å². The van der Waals surface area contributed by atoms with E-state index in [1.807, 2.05) is 0 Å². The predicted octanol–water partition coefficient (Wildman–Crippen LogP) is -0.914. The molecule has 0 spiro atoms. The maximum absolute atomic E-state index is 8.80. The van der Waals surface area contributed by atoms with Crippen LogP contribution in [0.4, 0.5) is 0 Å². The van der Waals surface area contributed by atoms with Gasteiger partial charge in [-0.1, -0.05) is 6.61 Å². The van der Waals surface area contributed by atoms with Gasteiger partial charge < -0.3 is 9.90 Å². The third kappa shape index (κ3) is 13.4. The summed E-state index contributed by atoms with van der Waals surface area (Å²) in [7, 11) is 0. The molecule has 0 rings (SSSR count). The van der Waals surface area contributed by atoms with E-state index in [1.165, 1.54) is 6.29 Å². The Hall–Kier alpha value is 0.318. The van der Waals surface area contributed by atoms with Crippen LogP contribution >= 0.6 is 0 Å². The summed E-state index contributed by atoms with van der Waals surface area (Å²) in [6.07, 6.45) is 1.24. The van der Waals surface area contributed by atoms with Gasteiger partial charge >= 0.3 is 0 Å². The van der Waals surface area contributed by atoms with E-state index in [0.29, 0.717) is 0 Å². The molecule has 0 aliphatic heterocycles. The first kappa shape index (κ1) is 9.01. The molecule has 0 aliphatic carbocycles. The van der Waals surface area contributed by atoms with E-state index in [0.717, 1.165) is 0 Å². The summed E-state index contributed by atoms with van der Waals surface area (Å²) in [6.45, 7) is -0.486. The van der Waals surface area contributed by atoms with Gasteiger partial charge in [0.2, 0.25) is 0 Å². The van der Waals surface area contributed by atoms with Gasteiger partial charge in [0.15, 0.2) is 0 Å². The molecule has 0 aromatic carbocycles. The molecule has 1 N–H and O–H groups in total. The molecule has 0 aliphatic rings. The second kappa shape index (κ2) is 8.85. The van der Waals surface area contributed by atoms with Crippen LogP contribution in [0.5, 0.6) is 0 Å². The Labute approximate surface area is 44.4 Å². The standard InChI is InChI=1S/C2H3O2.Pt/c3-1-2-4;/h3H,1H2;/q-1;. The molecule has 34 valence electrons. The third-order valence-corrected chi connectivity index (χ3v) is 0.0645. The molecule has 0 aromatic heterocycles. The average molecular weight is 254 g/mol. The molecule has 0 bridgehead atoms. The second-order valence-corrected chi connectivity index (χ2v) is 0.302. The van der Waals surface area contributed by atoms with Crippen LogP contribution in [-0.2, 0) is 25.9 Å². The van der Waals surface area contributed by atoms with Crippen molar-refractivity contribution in [2.24, 2.45) is 0 Å². The normalized spacial score (nSPS) is 5.00. The first-order valence-corrected chi connectivity index (χ1v) is 0.874. The maximum atomic E-state index is 8.80. The first-order valence-electron chi connectivity index (χ1n) is 0.874. The minimum Gasteiger partial charge on any atom is -0.540 e. The van der Waals surface area contributed by atoms with Gasteiger partial charge in [-0.05, 0) is 0 Å². The molecule has 0 heterocycles. The van der Waals surface area contributed by atoms with Crippen molar-refractivity contribution in [3.05, 3.63) is 0 Å². The summed E-state index contributed by atoms with van der Waals surface area (Å²) in [5, 5.41) is 7.45. The van der Waals surface area contributed by atoms with Gasteiger partial charge in [-0.3, -0.25) is 0 Å². The van der Waals surface area contributed by atoms with Gasteiger partial charge in [0, 0.05) is 21.1 Å². The minimum absolute atomic E-state index is 0. The van der Waals surface area contributed by atoms with Crippen molar-refractivity contribution in [3.63, 3.8) is 0 Å². The summed E-state index contributed by atoms with van der Waals surface area (Å²) < 4.78 is 0. The average Bonchev–Trinajstić information content (AvgIpc) is 1.37. The van der Waals surface area contributed by atoms with Crippen molar-refractivity contribution >= 4 is 6.29 Å². The van der Waals surface area contributed by atoms with E-state index >= 15 is 0 Å². The molecule has 0 saturated carbocycles. The van der Waals surface area contributed by atoms with Crippen LogP contribution in [0.15, 0.2) is 0 Å².